The van der Waals surface area contributed by atoms with E-state index in [-0.39, 0.29) is 12.4 Å². The van der Waals surface area contributed by atoms with Crippen LogP contribution in [0, 0.1) is 6.92 Å². The number of anilines is 2. The zero-order valence-corrected chi connectivity index (χ0v) is 20.4. The number of nitrogens with one attached hydrogen (secondary N) is 1. The first-order valence-corrected chi connectivity index (χ1v) is 12.6. The number of aromatic nitrogens is 4. The molecule has 0 saturated carbocycles. The number of aryl methyl sites for hydroxylation is 1. The molecule has 0 aliphatic heterocycles. The van der Waals surface area contributed by atoms with Gasteiger partial charge in [0.25, 0.3) is 0 Å². The molecular weight excluding hydrogens is 478 g/mol. The first kappa shape index (κ1) is 24.1. The fourth-order valence-electron chi connectivity index (χ4n) is 3.51. The molecular formula is C22H25N5O5S2. The topological polar surface area (TPSA) is 132 Å². The molecule has 1 aromatic carbocycles. The average Bonchev–Trinajstić information content (AvgIpc) is 3.39. The lowest BCUT2D eigenvalue weighted by Crippen LogP contribution is -2.04. The van der Waals surface area contributed by atoms with Gasteiger partial charge in [0, 0.05) is 28.3 Å². The van der Waals surface area contributed by atoms with Gasteiger partial charge in [-0.15, -0.1) is 11.3 Å². The van der Waals surface area contributed by atoms with E-state index in [0.29, 0.717) is 37.0 Å². The Labute approximate surface area is 202 Å². The molecule has 0 bridgehead atoms. The number of fused-ring (bicyclic) bond motifs is 1. The van der Waals surface area contributed by atoms with Gasteiger partial charge < -0.3 is 24.4 Å². The maximum atomic E-state index is 10.8. The van der Waals surface area contributed by atoms with Crippen LogP contribution in [-0.4, -0.2) is 59.7 Å². The summed E-state index contributed by atoms with van der Waals surface area (Å²) in [5.74, 6) is 1.88. The molecule has 1 atom stereocenters. The number of aliphatic hydroxyl groups is 1. The summed E-state index contributed by atoms with van der Waals surface area (Å²) in [7, 11) is 1.60. The molecule has 0 spiro atoms. The number of benzene rings is 1. The zero-order valence-electron chi connectivity index (χ0n) is 18.7. The van der Waals surface area contributed by atoms with Crippen molar-refractivity contribution in [3.8, 4) is 22.6 Å². The van der Waals surface area contributed by atoms with Crippen molar-refractivity contribution in [1.82, 2.24) is 19.7 Å². The molecule has 4 rings (SSSR count). The number of nitrogens with zero attached hydrogens (tertiary/aromatic N) is 4. The molecule has 4 aromatic rings. The highest BCUT2D eigenvalue weighted by Gasteiger charge is 2.18. The monoisotopic (exact) mass is 503 g/mol. The van der Waals surface area contributed by atoms with E-state index in [9.17, 15) is 4.21 Å². The second kappa shape index (κ2) is 10.9. The summed E-state index contributed by atoms with van der Waals surface area (Å²) in [4.78, 5) is 10.3. The number of hydrogen-bond acceptors (Lipinski definition) is 9. The fourth-order valence-corrected chi connectivity index (χ4v) is 4.86. The zero-order chi connectivity index (χ0) is 24.1. The number of ether oxygens (including phenoxy) is 2. The van der Waals surface area contributed by atoms with E-state index in [0.717, 1.165) is 31.9 Å². The molecule has 3 N–H and O–H groups in total. The predicted molar refractivity (Wildman–Crippen MR) is 132 cm³/mol. The van der Waals surface area contributed by atoms with Gasteiger partial charge in [-0.1, -0.05) is 0 Å². The van der Waals surface area contributed by atoms with Crippen molar-refractivity contribution >= 4 is 44.3 Å². The van der Waals surface area contributed by atoms with E-state index in [1.165, 1.54) is 0 Å². The van der Waals surface area contributed by atoms with E-state index < -0.39 is 11.1 Å². The van der Waals surface area contributed by atoms with Crippen molar-refractivity contribution < 1.29 is 23.3 Å². The Hall–Kier alpha value is -3.06. The first-order chi connectivity index (χ1) is 16.5. The molecule has 0 aliphatic rings. The molecule has 0 aliphatic carbocycles. The third kappa shape index (κ3) is 5.53. The normalized spacial score (nSPS) is 12.1. The molecule has 0 amide bonds. The summed E-state index contributed by atoms with van der Waals surface area (Å²) in [5, 5.41) is 16.4. The summed E-state index contributed by atoms with van der Waals surface area (Å²) in [6.45, 7) is 2.80. The van der Waals surface area contributed by atoms with E-state index in [2.05, 4.69) is 15.4 Å². The van der Waals surface area contributed by atoms with Gasteiger partial charge in [0.15, 0.2) is 11.1 Å². The van der Waals surface area contributed by atoms with Crippen LogP contribution in [0.25, 0.3) is 21.3 Å². The summed E-state index contributed by atoms with van der Waals surface area (Å²) >= 11 is -0.214. The van der Waals surface area contributed by atoms with Crippen LogP contribution < -0.4 is 14.8 Å². The van der Waals surface area contributed by atoms with Crippen molar-refractivity contribution in [2.75, 3.05) is 31.4 Å². The minimum Gasteiger partial charge on any atom is -0.496 e. The Morgan fingerprint density at radius 2 is 2.15 bits per heavy atom. The van der Waals surface area contributed by atoms with Crippen molar-refractivity contribution in [1.29, 1.82) is 0 Å². The lowest BCUT2D eigenvalue weighted by Gasteiger charge is -2.12. The van der Waals surface area contributed by atoms with Gasteiger partial charge in [0.1, 0.15) is 11.5 Å². The van der Waals surface area contributed by atoms with Crippen LogP contribution >= 0.6 is 11.3 Å². The molecule has 180 valence electrons. The van der Waals surface area contributed by atoms with Crippen LogP contribution in [0.3, 0.4) is 0 Å². The van der Waals surface area contributed by atoms with Crippen LogP contribution in [0.4, 0.5) is 11.6 Å². The van der Waals surface area contributed by atoms with Crippen LogP contribution in [0.1, 0.15) is 11.3 Å². The third-order valence-electron chi connectivity index (χ3n) is 5.00. The molecule has 0 saturated heterocycles. The number of aliphatic hydroxyl groups excluding tert-OH is 1. The van der Waals surface area contributed by atoms with Crippen LogP contribution in [0.5, 0.6) is 11.5 Å². The second-order valence-electron chi connectivity index (χ2n) is 7.37. The Morgan fingerprint density at radius 1 is 1.29 bits per heavy atom. The maximum Gasteiger partial charge on any atom is 0.227 e. The standard InChI is InChI=1S/C22H25N5O5S2/c1-14-20(17-5-4-16(10-18(17)31-2)32-8-3-9-34(29)30)21-19(33-14)12-23-22(26-21)25-15-11-24-27(13-15)6-7-28/h4-5,10-13,28H,3,6-9H2,1-2H3,(H,29,30)(H,23,25,26). The van der Waals surface area contributed by atoms with Gasteiger partial charge in [-0.3, -0.25) is 4.68 Å². The average molecular weight is 504 g/mol. The van der Waals surface area contributed by atoms with E-state index >= 15 is 0 Å². The van der Waals surface area contributed by atoms with Crippen molar-refractivity contribution in [2.45, 2.75) is 19.9 Å². The number of methoxy groups -OCH3 is 1. The quantitative estimate of drug-likeness (QED) is 0.207. The second-order valence-corrected chi connectivity index (χ2v) is 9.68. The van der Waals surface area contributed by atoms with Crippen LogP contribution in [-0.2, 0) is 17.6 Å². The Bertz CT molecular complexity index is 1310. The lowest BCUT2D eigenvalue weighted by molar-refractivity contribution is 0.269. The van der Waals surface area contributed by atoms with Gasteiger partial charge in [-0.25, -0.2) is 14.2 Å². The minimum absolute atomic E-state index is 0.0103. The van der Waals surface area contributed by atoms with Crippen molar-refractivity contribution in [3.63, 3.8) is 0 Å². The molecule has 1 unspecified atom stereocenters. The summed E-state index contributed by atoms with van der Waals surface area (Å²) in [5.41, 5.74) is 3.38. The van der Waals surface area contributed by atoms with Gasteiger partial charge in [-0.2, -0.15) is 5.10 Å². The van der Waals surface area contributed by atoms with Crippen LogP contribution in [0.15, 0.2) is 36.8 Å². The van der Waals surface area contributed by atoms with Crippen LogP contribution in [0.2, 0.25) is 0 Å². The van der Waals surface area contributed by atoms with Crippen molar-refractivity contribution in [2.24, 2.45) is 0 Å². The molecule has 34 heavy (non-hydrogen) atoms. The number of rotatable bonds is 11. The van der Waals surface area contributed by atoms with E-state index in [4.69, 9.17) is 24.1 Å². The number of thiophene rings is 1. The Morgan fingerprint density at radius 3 is 2.91 bits per heavy atom. The van der Waals surface area contributed by atoms with Gasteiger partial charge >= 0.3 is 0 Å². The molecule has 12 heteroatoms. The highest BCUT2D eigenvalue weighted by Crippen LogP contribution is 2.42. The fraction of sp³-hybridized carbons (Fsp3) is 0.318. The SMILES string of the molecule is COc1cc(OCCCS(=O)O)ccc1-c1c(C)sc2cnc(Nc3cnn(CCO)c3)nc12. The maximum absolute atomic E-state index is 10.8. The van der Waals surface area contributed by atoms with Gasteiger partial charge in [0.05, 0.1) is 60.9 Å². The largest absolute Gasteiger partial charge is 0.496 e. The van der Waals surface area contributed by atoms with Gasteiger partial charge in [-0.05, 0) is 25.5 Å². The smallest absolute Gasteiger partial charge is 0.227 e. The summed E-state index contributed by atoms with van der Waals surface area (Å²) in [6, 6.07) is 5.59. The lowest BCUT2D eigenvalue weighted by atomic mass is 10.0. The molecule has 3 heterocycles. The third-order valence-corrected chi connectivity index (χ3v) is 6.67. The Balaban J connectivity index is 1.61. The highest BCUT2D eigenvalue weighted by atomic mass is 32.2. The summed E-state index contributed by atoms with van der Waals surface area (Å²) < 4.78 is 33.6. The number of hydrogen-bond donors (Lipinski definition) is 3. The van der Waals surface area contributed by atoms with Crippen molar-refractivity contribution in [3.05, 3.63) is 41.7 Å². The molecule has 0 radical (unpaired) electrons. The highest BCUT2D eigenvalue weighted by molar-refractivity contribution is 7.79. The minimum atomic E-state index is -1.82. The van der Waals surface area contributed by atoms with Gasteiger partial charge in [0.2, 0.25) is 5.95 Å². The van der Waals surface area contributed by atoms with E-state index in [1.807, 2.05) is 25.1 Å². The first-order valence-electron chi connectivity index (χ1n) is 10.5. The molecule has 3 aromatic heterocycles. The molecule has 0 fully saturated rings. The predicted octanol–water partition coefficient (Wildman–Crippen LogP) is 3.60. The molecule has 10 nitrogen and oxygen atoms in total. The summed E-state index contributed by atoms with van der Waals surface area (Å²) in [6.07, 6.45) is 5.71. The Kier molecular flexibility index (Phi) is 7.73. The van der Waals surface area contributed by atoms with E-state index in [1.54, 1.807) is 41.7 Å².